The summed E-state index contributed by atoms with van der Waals surface area (Å²) in [6.07, 6.45) is 4.10. The van der Waals surface area contributed by atoms with Gasteiger partial charge in [0.05, 0.1) is 12.7 Å². The molecule has 1 fully saturated rings. The van der Waals surface area contributed by atoms with Crippen molar-refractivity contribution in [2.24, 2.45) is 11.8 Å². The molecule has 0 radical (unpaired) electrons. The number of hydrogen-bond acceptors (Lipinski definition) is 7. The average molecular weight is 440 g/mol. The predicted octanol–water partition coefficient (Wildman–Crippen LogP) is 3.49. The molecule has 0 spiro atoms. The number of Topliss-reactive ketones (excluding diaryl/α,β-unsaturated/α-hetero) is 1. The average Bonchev–Trinajstić information content (AvgIpc) is 3.26. The van der Waals surface area contributed by atoms with Crippen LogP contribution < -0.4 is 5.32 Å². The van der Waals surface area contributed by atoms with Crippen LogP contribution in [0.4, 0.5) is 0 Å². The van der Waals surface area contributed by atoms with Gasteiger partial charge in [-0.15, -0.1) is 0 Å². The highest BCUT2D eigenvalue weighted by molar-refractivity contribution is 6.12. The van der Waals surface area contributed by atoms with E-state index in [0.717, 1.165) is 31.4 Å². The van der Waals surface area contributed by atoms with Crippen molar-refractivity contribution in [3.8, 4) is 5.75 Å². The minimum atomic E-state index is -0.925. The summed E-state index contributed by atoms with van der Waals surface area (Å²) in [6, 6.07) is 6.45. The predicted molar refractivity (Wildman–Crippen MR) is 116 cm³/mol. The summed E-state index contributed by atoms with van der Waals surface area (Å²) in [5.41, 5.74) is 2.80. The summed E-state index contributed by atoms with van der Waals surface area (Å²) in [4.78, 5) is 39.4. The van der Waals surface area contributed by atoms with Gasteiger partial charge in [0, 0.05) is 22.9 Å². The van der Waals surface area contributed by atoms with Crippen molar-refractivity contribution in [1.29, 1.82) is 0 Å². The van der Waals surface area contributed by atoms with E-state index in [4.69, 9.17) is 9.47 Å². The molecule has 0 amide bonds. The van der Waals surface area contributed by atoms with Crippen molar-refractivity contribution < 1.29 is 29.0 Å². The van der Waals surface area contributed by atoms with Gasteiger partial charge in [-0.05, 0) is 62.6 Å². The minimum Gasteiger partial charge on any atom is -0.508 e. The molecule has 3 aliphatic rings. The van der Waals surface area contributed by atoms with Crippen LogP contribution >= 0.6 is 0 Å². The molecule has 1 saturated carbocycles. The molecule has 0 aromatic heterocycles. The first-order valence-corrected chi connectivity index (χ1v) is 11.1. The number of methoxy groups -OCH3 is 1. The second kappa shape index (κ2) is 8.81. The molecular formula is C25H29NO6. The van der Waals surface area contributed by atoms with Crippen LogP contribution in [-0.4, -0.2) is 36.0 Å². The zero-order valence-electron chi connectivity index (χ0n) is 18.6. The molecule has 3 atom stereocenters. The first kappa shape index (κ1) is 22.1. The first-order chi connectivity index (χ1) is 15.3. The Kier molecular flexibility index (Phi) is 6.09. The van der Waals surface area contributed by atoms with Gasteiger partial charge in [0.25, 0.3) is 0 Å². The highest BCUT2D eigenvalue weighted by Crippen LogP contribution is 2.46. The second-order valence-electron chi connectivity index (χ2n) is 8.94. The summed E-state index contributed by atoms with van der Waals surface area (Å²) in [6.45, 7) is 3.66. The lowest BCUT2D eigenvalue weighted by molar-refractivity contribution is -0.151. The van der Waals surface area contributed by atoms with E-state index in [-0.39, 0.29) is 23.6 Å². The summed E-state index contributed by atoms with van der Waals surface area (Å²) < 4.78 is 10.7. The Hall–Kier alpha value is -3.09. The number of dihydropyridines is 1. The monoisotopic (exact) mass is 439 g/mol. The Morgan fingerprint density at radius 3 is 2.41 bits per heavy atom. The van der Waals surface area contributed by atoms with E-state index in [9.17, 15) is 19.5 Å². The number of aromatic hydroxyl groups is 1. The number of ketones is 1. The minimum absolute atomic E-state index is 0.0868. The molecule has 1 aromatic rings. The number of carbonyl (C=O) groups excluding carboxylic acids is 3. The van der Waals surface area contributed by atoms with Crippen molar-refractivity contribution >= 4 is 17.7 Å². The van der Waals surface area contributed by atoms with E-state index in [1.807, 2.05) is 13.8 Å². The largest absolute Gasteiger partial charge is 0.508 e. The fraction of sp³-hybridized carbons (Fsp3) is 0.480. The zero-order chi connectivity index (χ0) is 23.0. The normalized spacial score (nSPS) is 26.0. The van der Waals surface area contributed by atoms with Crippen LogP contribution in [0.2, 0.25) is 0 Å². The van der Waals surface area contributed by atoms with Crippen LogP contribution in [0.1, 0.15) is 57.4 Å². The lowest BCUT2D eigenvalue weighted by atomic mass is 9.69. The molecular weight excluding hydrogens is 410 g/mol. The van der Waals surface area contributed by atoms with E-state index >= 15 is 0 Å². The summed E-state index contributed by atoms with van der Waals surface area (Å²) >= 11 is 0. The third kappa shape index (κ3) is 3.92. The summed E-state index contributed by atoms with van der Waals surface area (Å²) in [7, 11) is 1.28. The number of hydrogen-bond donors (Lipinski definition) is 2. The zero-order valence-corrected chi connectivity index (χ0v) is 18.6. The van der Waals surface area contributed by atoms with Crippen molar-refractivity contribution in [2.75, 3.05) is 7.11 Å². The van der Waals surface area contributed by atoms with Crippen molar-refractivity contribution in [1.82, 2.24) is 5.32 Å². The number of rotatable bonds is 4. The fourth-order valence-corrected chi connectivity index (χ4v) is 5.17. The van der Waals surface area contributed by atoms with Crippen molar-refractivity contribution in [3.63, 3.8) is 0 Å². The number of allylic oxidation sites excluding steroid dienone is 3. The maximum absolute atomic E-state index is 13.6. The Bertz CT molecular complexity index is 1000. The third-order valence-electron chi connectivity index (χ3n) is 6.77. The second-order valence-corrected chi connectivity index (χ2v) is 8.94. The van der Waals surface area contributed by atoms with E-state index in [2.05, 4.69) is 5.32 Å². The van der Waals surface area contributed by atoms with Crippen molar-refractivity contribution in [2.45, 2.75) is 58.0 Å². The van der Waals surface area contributed by atoms with Gasteiger partial charge in [0.1, 0.15) is 17.8 Å². The Morgan fingerprint density at radius 2 is 1.78 bits per heavy atom. The van der Waals surface area contributed by atoms with Gasteiger partial charge in [0.15, 0.2) is 5.78 Å². The lowest BCUT2D eigenvalue weighted by Gasteiger charge is -2.38. The van der Waals surface area contributed by atoms with Gasteiger partial charge in [-0.3, -0.25) is 9.59 Å². The Labute approximate surface area is 187 Å². The van der Waals surface area contributed by atoms with E-state index in [1.54, 1.807) is 12.1 Å². The Balaban J connectivity index is 1.79. The molecule has 7 nitrogen and oxygen atoms in total. The summed E-state index contributed by atoms with van der Waals surface area (Å²) in [5, 5.41) is 13.0. The molecule has 1 aliphatic heterocycles. The number of phenols is 1. The maximum atomic E-state index is 13.6. The molecule has 0 unspecified atom stereocenters. The number of carbonyl (C=O) groups is 3. The van der Waals surface area contributed by atoms with Crippen LogP contribution in [-0.2, 0) is 23.9 Å². The number of nitrogens with one attached hydrogen (secondary N) is 1. The summed E-state index contributed by atoms with van der Waals surface area (Å²) in [5.74, 6) is -3.12. The maximum Gasteiger partial charge on any atom is 0.337 e. The topological polar surface area (TPSA) is 102 Å². The molecule has 7 heteroatoms. The van der Waals surface area contributed by atoms with E-state index < -0.39 is 23.8 Å². The van der Waals surface area contributed by atoms with Gasteiger partial charge in [-0.1, -0.05) is 19.1 Å². The number of benzene rings is 1. The van der Waals surface area contributed by atoms with Gasteiger partial charge in [0.2, 0.25) is 0 Å². The molecule has 0 bridgehead atoms. The van der Waals surface area contributed by atoms with E-state index in [0.29, 0.717) is 28.8 Å². The molecule has 2 N–H and O–H groups in total. The lowest BCUT2D eigenvalue weighted by Crippen LogP contribution is -2.43. The fourth-order valence-electron chi connectivity index (χ4n) is 5.17. The highest BCUT2D eigenvalue weighted by Gasteiger charge is 2.47. The van der Waals surface area contributed by atoms with Gasteiger partial charge in [-0.2, -0.15) is 0 Å². The molecule has 4 rings (SSSR count). The molecule has 1 heterocycles. The molecule has 2 aliphatic carbocycles. The Morgan fingerprint density at radius 1 is 1.12 bits per heavy atom. The van der Waals surface area contributed by atoms with Crippen LogP contribution in [0.15, 0.2) is 46.8 Å². The van der Waals surface area contributed by atoms with Gasteiger partial charge < -0.3 is 19.9 Å². The molecule has 1 aromatic carbocycles. The number of phenolic OH excluding ortho intramolecular Hbond substituents is 1. The quantitative estimate of drug-likeness (QED) is 0.547. The van der Waals surface area contributed by atoms with E-state index in [1.165, 1.54) is 19.2 Å². The SMILES string of the molecule is COC(=O)[C@@H]1C(=O)C2=C(C[C@@H]1C)NC(C)=C(C(=O)OC1CCCC1)[C@@H]2c1ccc(O)cc1. The number of ether oxygens (including phenoxy) is 2. The standard InChI is InChI=1S/C25H29NO6/c1-13-12-18-22(23(28)19(13)24(29)31-3)21(15-8-10-16(27)11-9-15)20(14(2)26-18)25(30)32-17-6-4-5-7-17/h8-11,13,17,19,21,26-27H,4-7,12H2,1-3H3/t13-,19-,21-/m0/s1. The highest BCUT2D eigenvalue weighted by atomic mass is 16.5. The third-order valence-corrected chi connectivity index (χ3v) is 6.77. The smallest absolute Gasteiger partial charge is 0.337 e. The molecule has 0 saturated heterocycles. The van der Waals surface area contributed by atoms with Crippen LogP contribution in [0, 0.1) is 11.8 Å². The van der Waals surface area contributed by atoms with Crippen molar-refractivity contribution in [3.05, 3.63) is 52.4 Å². The van der Waals surface area contributed by atoms with Crippen LogP contribution in [0.25, 0.3) is 0 Å². The van der Waals surface area contributed by atoms with Crippen LogP contribution in [0.3, 0.4) is 0 Å². The molecule has 170 valence electrons. The van der Waals surface area contributed by atoms with Gasteiger partial charge >= 0.3 is 11.9 Å². The van der Waals surface area contributed by atoms with Gasteiger partial charge in [-0.25, -0.2) is 4.79 Å². The number of esters is 2. The van der Waals surface area contributed by atoms with Crippen LogP contribution in [0.5, 0.6) is 5.75 Å². The first-order valence-electron chi connectivity index (χ1n) is 11.1. The molecule has 32 heavy (non-hydrogen) atoms.